The Kier molecular flexibility index (Phi) is 16.1. The van der Waals surface area contributed by atoms with Crippen LogP contribution in [0.4, 0.5) is 0 Å². The number of aliphatic hydroxyl groups excluding tert-OH is 4. The maximum atomic E-state index is 10.4. The second-order valence-corrected chi connectivity index (χ2v) is 8.44. The predicted octanol–water partition coefficient (Wildman–Crippen LogP) is 1.31. The third-order valence-electron chi connectivity index (χ3n) is 5.01. The molecule has 215 valence electrons. The SMILES string of the molecule is COc1ccc(CNC(=S)[N-]N=C(/C=N\[N-]C(=S)NCc2ccc(OC)cc2)C(O)C(O)C(O)CO)cc1.[Cu+2]. The minimum Gasteiger partial charge on any atom is -0.497 e. The molecule has 2 rings (SSSR count). The third-order valence-corrected chi connectivity index (χ3v) is 5.46. The molecule has 0 amide bonds. The summed E-state index contributed by atoms with van der Waals surface area (Å²) in [5.74, 6) is 1.44. The Morgan fingerprint density at radius 3 is 1.77 bits per heavy atom. The van der Waals surface area contributed by atoms with Crippen molar-refractivity contribution in [3.05, 3.63) is 70.5 Å². The van der Waals surface area contributed by atoms with Crippen molar-refractivity contribution in [2.45, 2.75) is 31.4 Å². The number of benzene rings is 2. The molecule has 6 N–H and O–H groups in total. The normalized spacial score (nSPS) is 13.4. The van der Waals surface area contributed by atoms with Gasteiger partial charge in [0.25, 0.3) is 0 Å². The molecule has 3 unspecified atom stereocenters. The molecule has 2 aromatic rings. The molecule has 2 aromatic carbocycles. The van der Waals surface area contributed by atoms with Crippen LogP contribution in [0.3, 0.4) is 0 Å². The van der Waals surface area contributed by atoms with Gasteiger partial charge in [-0.25, -0.2) is 0 Å². The maximum Gasteiger partial charge on any atom is 2.00 e. The van der Waals surface area contributed by atoms with Gasteiger partial charge in [-0.2, -0.15) is 0 Å². The van der Waals surface area contributed by atoms with Crippen molar-refractivity contribution in [1.82, 2.24) is 10.6 Å². The summed E-state index contributed by atoms with van der Waals surface area (Å²) < 4.78 is 10.2. The van der Waals surface area contributed by atoms with Gasteiger partial charge in [0, 0.05) is 10.2 Å². The minimum absolute atomic E-state index is 0. The number of nitrogens with one attached hydrogen (secondary N) is 2. The van der Waals surface area contributed by atoms with E-state index in [2.05, 4.69) is 31.7 Å². The standard InChI is InChI=1S/C24H32N6O6S2.Cu/c1-35-17-7-3-15(4-8-17)11-25-23(37)29-27-13-19(21(33)22(34)20(32)14-31)28-30-24(38)26-12-16-5-9-18(36-2)10-6-16;/h3-10,13,20-22,31-34H,11-12,14H2,1-2H3,(H4,25,26,27,28,29,30,37,38);/q;+2/p-2. The minimum atomic E-state index is -1.78. The molecule has 3 atom stereocenters. The fourth-order valence-electron chi connectivity index (χ4n) is 2.81. The van der Waals surface area contributed by atoms with Gasteiger partial charge in [0.05, 0.1) is 32.8 Å². The van der Waals surface area contributed by atoms with E-state index in [-0.39, 0.29) is 33.0 Å². The molecule has 0 fully saturated rings. The zero-order valence-electron chi connectivity index (χ0n) is 21.1. The van der Waals surface area contributed by atoms with Gasteiger partial charge in [-0.3, -0.25) is 10.2 Å². The predicted molar refractivity (Wildman–Crippen MR) is 153 cm³/mol. The monoisotopic (exact) mass is 625 g/mol. The van der Waals surface area contributed by atoms with E-state index < -0.39 is 24.9 Å². The maximum absolute atomic E-state index is 10.4. The van der Waals surface area contributed by atoms with Gasteiger partial charge in [-0.15, -0.1) is 0 Å². The number of nitrogens with zero attached hydrogens (tertiary/aromatic N) is 4. The number of hydrogen-bond donors (Lipinski definition) is 6. The number of rotatable bonds is 13. The van der Waals surface area contributed by atoms with Crippen molar-refractivity contribution in [2.24, 2.45) is 10.2 Å². The zero-order chi connectivity index (χ0) is 27.9. The van der Waals surface area contributed by atoms with Crippen molar-refractivity contribution in [3.63, 3.8) is 0 Å². The molecule has 39 heavy (non-hydrogen) atoms. The van der Waals surface area contributed by atoms with Crippen LogP contribution in [0.5, 0.6) is 11.5 Å². The molecule has 0 aliphatic rings. The molecule has 0 bridgehead atoms. The fourth-order valence-corrected chi connectivity index (χ4v) is 3.04. The number of hydrogen-bond acceptors (Lipinski definition) is 10. The Morgan fingerprint density at radius 2 is 1.33 bits per heavy atom. The van der Waals surface area contributed by atoms with Crippen LogP contribution in [-0.4, -0.2) is 81.7 Å². The van der Waals surface area contributed by atoms with E-state index >= 15 is 0 Å². The van der Waals surface area contributed by atoms with Crippen LogP contribution in [0, 0.1) is 0 Å². The summed E-state index contributed by atoms with van der Waals surface area (Å²) in [7, 11) is 3.15. The Bertz CT molecular complexity index is 1090. The number of methoxy groups -OCH3 is 2. The van der Waals surface area contributed by atoms with E-state index in [1.807, 2.05) is 36.4 Å². The van der Waals surface area contributed by atoms with Crippen LogP contribution < -0.4 is 20.1 Å². The molecule has 0 saturated carbocycles. The Balaban J connectivity index is 0.00000760. The number of aliphatic hydroxyl groups is 4. The van der Waals surface area contributed by atoms with Gasteiger partial charge in [0.15, 0.2) is 0 Å². The number of thiocarbonyl (C=S) groups is 2. The van der Waals surface area contributed by atoms with Crippen molar-refractivity contribution >= 4 is 46.6 Å². The molecule has 15 heteroatoms. The van der Waals surface area contributed by atoms with Gasteiger partial charge >= 0.3 is 17.1 Å². The second kappa shape index (κ2) is 18.4. The van der Waals surface area contributed by atoms with Gasteiger partial charge in [0.2, 0.25) is 0 Å². The van der Waals surface area contributed by atoms with Crippen LogP contribution in [-0.2, 0) is 30.2 Å². The Hall–Kier alpha value is -2.88. The summed E-state index contributed by atoms with van der Waals surface area (Å²) in [6, 6.07) is 14.6. The average molecular weight is 626 g/mol. The molecule has 0 aliphatic heterocycles. The summed E-state index contributed by atoms with van der Waals surface area (Å²) in [6.07, 6.45) is -4.16. The summed E-state index contributed by atoms with van der Waals surface area (Å²) >= 11 is 10.3. The summed E-state index contributed by atoms with van der Waals surface area (Å²) in [4.78, 5) is 0. The van der Waals surface area contributed by atoms with Crippen LogP contribution in [0.15, 0.2) is 58.7 Å². The third kappa shape index (κ3) is 12.2. The van der Waals surface area contributed by atoms with Gasteiger partial charge in [-0.05, 0) is 48.5 Å². The molecule has 0 aromatic heterocycles. The van der Waals surface area contributed by atoms with Crippen molar-refractivity contribution in [1.29, 1.82) is 0 Å². The Labute approximate surface area is 248 Å². The van der Waals surface area contributed by atoms with Gasteiger partial charge < -0.3 is 51.4 Å². The van der Waals surface area contributed by atoms with E-state index in [0.717, 1.165) is 23.1 Å². The molecular weight excluding hydrogens is 596 g/mol. The molecule has 0 heterocycles. The van der Waals surface area contributed by atoms with Crippen LogP contribution in [0.1, 0.15) is 11.1 Å². The van der Waals surface area contributed by atoms with Crippen molar-refractivity contribution in [3.8, 4) is 11.5 Å². The van der Waals surface area contributed by atoms with Crippen molar-refractivity contribution in [2.75, 3.05) is 20.8 Å². The first-order chi connectivity index (χ1) is 18.3. The molecule has 0 saturated heterocycles. The van der Waals surface area contributed by atoms with Crippen LogP contribution in [0.25, 0.3) is 10.9 Å². The molecule has 1 radical (unpaired) electrons. The topological polar surface area (TPSA) is 176 Å². The summed E-state index contributed by atoms with van der Waals surface area (Å²) in [5.41, 5.74) is 9.20. The van der Waals surface area contributed by atoms with E-state index in [1.54, 1.807) is 26.4 Å². The zero-order valence-corrected chi connectivity index (χ0v) is 23.6. The molecule has 0 spiro atoms. The summed E-state index contributed by atoms with van der Waals surface area (Å²) in [6.45, 7) is -0.0508. The van der Waals surface area contributed by atoms with Crippen LogP contribution in [0.2, 0.25) is 0 Å². The first-order valence-corrected chi connectivity index (χ1v) is 12.1. The molecule has 12 nitrogen and oxygen atoms in total. The van der Waals surface area contributed by atoms with Crippen molar-refractivity contribution < 1.29 is 47.0 Å². The largest absolute Gasteiger partial charge is 2.00 e. The van der Waals surface area contributed by atoms with Crippen LogP contribution >= 0.6 is 24.4 Å². The first kappa shape index (κ1) is 34.1. The van der Waals surface area contributed by atoms with E-state index in [0.29, 0.717) is 18.8 Å². The quantitative estimate of drug-likeness (QED) is 0.0823. The van der Waals surface area contributed by atoms with E-state index in [1.165, 1.54) is 0 Å². The van der Waals surface area contributed by atoms with Gasteiger partial charge in [-0.1, -0.05) is 48.7 Å². The average Bonchev–Trinajstić information content (AvgIpc) is 2.95. The second-order valence-electron chi connectivity index (χ2n) is 7.67. The van der Waals surface area contributed by atoms with E-state index in [4.69, 9.17) is 39.0 Å². The molecule has 0 aliphatic carbocycles. The Morgan fingerprint density at radius 1 is 0.872 bits per heavy atom. The first-order valence-electron chi connectivity index (χ1n) is 11.3. The summed E-state index contributed by atoms with van der Waals surface area (Å²) in [5, 5.41) is 52.8. The number of ether oxygens (including phenoxy) is 2. The van der Waals surface area contributed by atoms with Gasteiger partial charge in [0.1, 0.15) is 29.8 Å². The van der Waals surface area contributed by atoms with E-state index in [9.17, 15) is 15.3 Å². The molecular formula is C24H30CuN6O6S2. The smallest absolute Gasteiger partial charge is 0.497 e. The fraction of sp³-hybridized carbons (Fsp3) is 0.333.